The molecule has 7 heteroatoms. The molecule has 4 N–H and O–H groups in total. The molecule has 0 saturated heterocycles. The van der Waals surface area contributed by atoms with Crippen LogP contribution in [0.2, 0.25) is 0 Å². The number of carbonyl (C=O) groups is 1. The van der Waals surface area contributed by atoms with Gasteiger partial charge in [-0.15, -0.1) is 0 Å². The van der Waals surface area contributed by atoms with Crippen molar-refractivity contribution in [2.75, 3.05) is 6.54 Å². The third-order valence-electron chi connectivity index (χ3n) is 2.22. The van der Waals surface area contributed by atoms with E-state index in [2.05, 4.69) is 0 Å². The number of phenolic OH excluding ortho intramolecular Hbond substituents is 1. The molecule has 0 spiro atoms. The van der Waals surface area contributed by atoms with Gasteiger partial charge in [0.2, 0.25) is 0 Å². The van der Waals surface area contributed by atoms with Crippen molar-refractivity contribution >= 4 is 5.91 Å². The molecule has 0 aliphatic heterocycles. The summed E-state index contributed by atoms with van der Waals surface area (Å²) in [5.41, 5.74) is 6.36. The first-order valence-electron chi connectivity index (χ1n) is 5.17. The topological polar surface area (TPSA) is 75.3 Å². The van der Waals surface area contributed by atoms with Crippen LogP contribution in [0.1, 0.15) is 5.56 Å². The molecule has 0 aliphatic carbocycles. The van der Waals surface area contributed by atoms with Crippen LogP contribution in [-0.4, -0.2) is 29.8 Å². The van der Waals surface area contributed by atoms with Crippen LogP contribution in [-0.2, 0) is 11.2 Å². The number of phenols is 1. The Bertz CT molecular complexity index is 404. The van der Waals surface area contributed by atoms with E-state index in [1.54, 1.807) is 17.4 Å². The van der Waals surface area contributed by atoms with E-state index in [4.69, 9.17) is 10.8 Å². The van der Waals surface area contributed by atoms with E-state index in [0.29, 0.717) is 6.42 Å². The second-order valence-electron chi connectivity index (χ2n) is 3.84. The summed E-state index contributed by atoms with van der Waals surface area (Å²) in [7, 11) is 0. The summed E-state index contributed by atoms with van der Waals surface area (Å²) in [5, 5.41) is 10.8. The summed E-state index contributed by atoms with van der Waals surface area (Å²) in [6.07, 6.45) is -4.59. The summed E-state index contributed by atoms with van der Waals surface area (Å²) in [6, 6.07) is 5.51. The third-order valence-corrected chi connectivity index (χ3v) is 2.22. The Labute approximate surface area is 102 Å². The number of aromatic hydroxyl groups is 1. The molecule has 0 unspecified atom stereocenters. The molecule has 0 aliphatic rings. The second-order valence-corrected chi connectivity index (χ2v) is 3.84. The molecular formula is C11H13F3N2O2. The predicted molar refractivity (Wildman–Crippen MR) is 58.9 cm³/mol. The van der Waals surface area contributed by atoms with Crippen molar-refractivity contribution in [1.82, 2.24) is 5.32 Å². The lowest BCUT2D eigenvalue weighted by molar-refractivity contribution is -0.173. The Hall–Kier alpha value is -1.76. The number of benzene rings is 1. The highest BCUT2D eigenvalue weighted by Gasteiger charge is 2.38. The maximum Gasteiger partial charge on any atom is 0.471 e. The highest BCUT2D eigenvalue weighted by atomic mass is 19.4. The lowest BCUT2D eigenvalue weighted by Gasteiger charge is -2.13. The first-order chi connectivity index (χ1) is 8.29. The average Bonchev–Trinajstić information content (AvgIpc) is 2.28. The zero-order valence-corrected chi connectivity index (χ0v) is 9.37. The zero-order chi connectivity index (χ0) is 13.8. The summed E-state index contributed by atoms with van der Waals surface area (Å²) in [5.74, 6) is -1.90. The Kier molecular flexibility index (Phi) is 4.55. The van der Waals surface area contributed by atoms with Crippen LogP contribution in [0.15, 0.2) is 24.3 Å². The van der Waals surface area contributed by atoms with Crippen LogP contribution in [0.4, 0.5) is 13.2 Å². The highest BCUT2D eigenvalue weighted by Crippen LogP contribution is 2.14. The van der Waals surface area contributed by atoms with Crippen molar-refractivity contribution in [2.24, 2.45) is 5.73 Å². The monoisotopic (exact) mass is 262 g/mol. The van der Waals surface area contributed by atoms with Gasteiger partial charge >= 0.3 is 12.1 Å². The standard InChI is InChI=1S/C11H13F3N2O2/c12-11(13,14)10(18)16-6-8(15)5-7-1-3-9(17)4-2-7/h1-4,8,17H,5-6,15H2,(H,16,18)/t8-/m0/s1. The van der Waals surface area contributed by atoms with Gasteiger partial charge in [0.25, 0.3) is 0 Å². The van der Waals surface area contributed by atoms with Gasteiger partial charge < -0.3 is 16.2 Å². The van der Waals surface area contributed by atoms with Crippen LogP contribution in [0.3, 0.4) is 0 Å². The van der Waals surface area contributed by atoms with Gasteiger partial charge in [0, 0.05) is 12.6 Å². The van der Waals surface area contributed by atoms with Crippen molar-refractivity contribution < 1.29 is 23.1 Å². The summed E-state index contributed by atoms with van der Waals surface area (Å²) >= 11 is 0. The number of hydrogen-bond donors (Lipinski definition) is 3. The predicted octanol–water partition coefficient (Wildman–Crippen LogP) is 0.940. The number of carbonyl (C=O) groups excluding carboxylic acids is 1. The molecule has 0 radical (unpaired) electrons. The Balaban J connectivity index is 2.40. The number of halogens is 3. The van der Waals surface area contributed by atoms with Gasteiger partial charge in [0.15, 0.2) is 0 Å². The Morgan fingerprint density at radius 2 is 1.89 bits per heavy atom. The number of nitrogens with two attached hydrogens (primary N) is 1. The molecule has 1 aromatic carbocycles. The SMILES string of the molecule is N[C@H](CNC(=O)C(F)(F)F)Cc1ccc(O)cc1. The molecule has 1 rings (SSSR count). The van der Waals surface area contributed by atoms with Crippen LogP contribution >= 0.6 is 0 Å². The van der Waals surface area contributed by atoms with Gasteiger partial charge in [0.05, 0.1) is 0 Å². The fourth-order valence-electron chi connectivity index (χ4n) is 1.33. The molecule has 0 bridgehead atoms. The molecule has 100 valence electrons. The maximum absolute atomic E-state index is 11.9. The van der Waals surface area contributed by atoms with E-state index in [-0.39, 0.29) is 12.3 Å². The van der Waals surface area contributed by atoms with Gasteiger partial charge in [0.1, 0.15) is 5.75 Å². The third kappa shape index (κ3) is 4.62. The minimum atomic E-state index is -4.89. The van der Waals surface area contributed by atoms with E-state index in [1.807, 2.05) is 0 Å². The van der Waals surface area contributed by atoms with Crippen molar-refractivity contribution in [3.63, 3.8) is 0 Å². The fraction of sp³-hybridized carbons (Fsp3) is 0.364. The van der Waals surface area contributed by atoms with Gasteiger partial charge in [-0.3, -0.25) is 4.79 Å². The number of amides is 1. The molecule has 1 atom stereocenters. The average molecular weight is 262 g/mol. The van der Waals surface area contributed by atoms with E-state index in [0.717, 1.165) is 5.56 Å². The number of hydrogen-bond acceptors (Lipinski definition) is 3. The van der Waals surface area contributed by atoms with E-state index < -0.39 is 18.1 Å². The van der Waals surface area contributed by atoms with Crippen LogP contribution in [0, 0.1) is 0 Å². The molecular weight excluding hydrogens is 249 g/mol. The molecule has 0 aromatic heterocycles. The minimum Gasteiger partial charge on any atom is -0.508 e. The molecule has 18 heavy (non-hydrogen) atoms. The van der Waals surface area contributed by atoms with Gasteiger partial charge in [-0.25, -0.2) is 0 Å². The van der Waals surface area contributed by atoms with Crippen molar-refractivity contribution in [2.45, 2.75) is 18.6 Å². The van der Waals surface area contributed by atoms with Crippen molar-refractivity contribution in [3.05, 3.63) is 29.8 Å². The highest BCUT2D eigenvalue weighted by molar-refractivity contribution is 5.81. The normalized spacial score (nSPS) is 13.1. The Morgan fingerprint density at radius 3 is 2.39 bits per heavy atom. The number of nitrogens with one attached hydrogen (secondary N) is 1. The quantitative estimate of drug-likeness (QED) is 0.756. The maximum atomic E-state index is 11.9. The molecule has 1 aromatic rings. The van der Waals surface area contributed by atoms with Crippen molar-refractivity contribution in [3.8, 4) is 5.75 Å². The van der Waals surface area contributed by atoms with Crippen LogP contribution in [0.25, 0.3) is 0 Å². The molecule has 1 amide bonds. The Morgan fingerprint density at radius 1 is 1.33 bits per heavy atom. The summed E-state index contributed by atoms with van der Waals surface area (Å²) in [4.78, 5) is 10.5. The van der Waals surface area contributed by atoms with Crippen molar-refractivity contribution in [1.29, 1.82) is 0 Å². The van der Waals surface area contributed by atoms with E-state index in [1.165, 1.54) is 12.1 Å². The second kappa shape index (κ2) is 5.72. The van der Waals surface area contributed by atoms with Crippen LogP contribution in [0.5, 0.6) is 5.75 Å². The summed E-state index contributed by atoms with van der Waals surface area (Å²) < 4.78 is 35.7. The molecule has 0 saturated carbocycles. The largest absolute Gasteiger partial charge is 0.508 e. The smallest absolute Gasteiger partial charge is 0.471 e. The number of rotatable bonds is 4. The minimum absolute atomic E-state index is 0.0951. The lowest BCUT2D eigenvalue weighted by Crippen LogP contribution is -2.44. The first kappa shape index (κ1) is 14.3. The van der Waals surface area contributed by atoms with Crippen LogP contribution < -0.4 is 11.1 Å². The summed E-state index contributed by atoms with van der Waals surface area (Å²) in [6.45, 7) is -0.265. The van der Waals surface area contributed by atoms with Gasteiger partial charge in [-0.05, 0) is 24.1 Å². The fourth-order valence-corrected chi connectivity index (χ4v) is 1.33. The zero-order valence-electron chi connectivity index (χ0n) is 9.37. The number of alkyl halides is 3. The lowest BCUT2D eigenvalue weighted by atomic mass is 10.1. The van der Waals surface area contributed by atoms with E-state index in [9.17, 15) is 18.0 Å². The first-order valence-corrected chi connectivity index (χ1v) is 5.17. The van der Waals surface area contributed by atoms with Gasteiger partial charge in [-0.2, -0.15) is 13.2 Å². The van der Waals surface area contributed by atoms with Gasteiger partial charge in [-0.1, -0.05) is 12.1 Å². The molecule has 0 fully saturated rings. The van der Waals surface area contributed by atoms with E-state index >= 15 is 0 Å². The molecule has 4 nitrogen and oxygen atoms in total. The molecule has 0 heterocycles.